The molecule has 0 radical (unpaired) electrons. The molecule has 0 unspecified atom stereocenters. The van der Waals surface area contributed by atoms with Crippen LogP contribution in [0.1, 0.15) is 41.7 Å². The molecule has 5 heteroatoms. The SMILES string of the molecule is CC(C)(C)c1nnsc1C(=O)Cc1cccc(F)c1. The number of aromatic nitrogens is 2. The maximum absolute atomic E-state index is 13.1. The first-order valence-corrected chi connectivity index (χ1v) is 6.76. The second kappa shape index (κ2) is 5.17. The van der Waals surface area contributed by atoms with Crippen molar-refractivity contribution in [2.75, 3.05) is 0 Å². The third-order valence-corrected chi connectivity index (χ3v) is 3.47. The lowest BCUT2D eigenvalue weighted by Crippen LogP contribution is -2.17. The van der Waals surface area contributed by atoms with E-state index in [1.165, 1.54) is 12.1 Å². The van der Waals surface area contributed by atoms with Crippen molar-refractivity contribution in [3.63, 3.8) is 0 Å². The average molecular weight is 278 g/mol. The molecule has 1 heterocycles. The van der Waals surface area contributed by atoms with Crippen LogP contribution in [0.4, 0.5) is 4.39 Å². The molecule has 0 atom stereocenters. The summed E-state index contributed by atoms with van der Waals surface area (Å²) in [5.41, 5.74) is 1.15. The topological polar surface area (TPSA) is 42.9 Å². The Bertz CT molecular complexity index is 601. The molecule has 0 fully saturated rings. The summed E-state index contributed by atoms with van der Waals surface area (Å²) in [7, 11) is 0. The van der Waals surface area contributed by atoms with Gasteiger partial charge in [0.1, 0.15) is 10.7 Å². The maximum atomic E-state index is 13.1. The summed E-state index contributed by atoms with van der Waals surface area (Å²) in [5.74, 6) is -0.394. The average Bonchev–Trinajstić information content (AvgIpc) is 2.77. The van der Waals surface area contributed by atoms with Gasteiger partial charge in [0.05, 0.1) is 5.69 Å². The molecule has 19 heavy (non-hydrogen) atoms. The van der Waals surface area contributed by atoms with Crippen LogP contribution < -0.4 is 0 Å². The van der Waals surface area contributed by atoms with E-state index in [2.05, 4.69) is 9.59 Å². The van der Waals surface area contributed by atoms with E-state index in [1.54, 1.807) is 12.1 Å². The molecule has 0 saturated carbocycles. The summed E-state index contributed by atoms with van der Waals surface area (Å²) < 4.78 is 17.0. The van der Waals surface area contributed by atoms with Crippen LogP contribution in [0.5, 0.6) is 0 Å². The van der Waals surface area contributed by atoms with Gasteiger partial charge in [-0.25, -0.2) is 4.39 Å². The van der Waals surface area contributed by atoms with Crippen molar-refractivity contribution >= 4 is 17.3 Å². The Hall–Kier alpha value is -1.62. The van der Waals surface area contributed by atoms with E-state index in [0.717, 1.165) is 11.5 Å². The van der Waals surface area contributed by atoms with Crippen LogP contribution in [0.25, 0.3) is 0 Å². The summed E-state index contributed by atoms with van der Waals surface area (Å²) in [6, 6.07) is 6.09. The third-order valence-electron chi connectivity index (χ3n) is 2.71. The predicted octanol–water partition coefficient (Wildman–Crippen LogP) is 3.40. The molecule has 100 valence electrons. The lowest BCUT2D eigenvalue weighted by Gasteiger charge is -2.15. The zero-order valence-electron chi connectivity index (χ0n) is 11.1. The van der Waals surface area contributed by atoms with Crippen LogP contribution in [0, 0.1) is 5.82 Å². The molecule has 0 aliphatic heterocycles. The highest BCUT2D eigenvalue weighted by atomic mass is 32.1. The lowest BCUT2D eigenvalue weighted by atomic mass is 9.90. The monoisotopic (exact) mass is 278 g/mol. The fourth-order valence-electron chi connectivity index (χ4n) is 1.78. The molecular formula is C14H15FN2OS. The van der Waals surface area contributed by atoms with Gasteiger partial charge in [-0.15, -0.1) is 5.10 Å². The highest BCUT2D eigenvalue weighted by Gasteiger charge is 2.26. The maximum Gasteiger partial charge on any atom is 0.180 e. The molecule has 0 aliphatic rings. The van der Waals surface area contributed by atoms with E-state index >= 15 is 0 Å². The van der Waals surface area contributed by atoms with Gasteiger partial charge in [-0.2, -0.15) is 0 Å². The number of halogens is 1. The van der Waals surface area contributed by atoms with Crippen molar-refractivity contribution in [3.05, 3.63) is 46.2 Å². The Balaban J connectivity index is 2.24. The lowest BCUT2D eigenvalue weighted by molar-refractivity contribution is 0.0994. The van der Waals surface area contributed by atoms with Crippen molar-refractivity contribution in [1.29, 1.82) is 0 Å². The number of hydrogen-bond donors (Lipinski definition) is 0. The molecule has 0 N–H and O–H groups in total. The molecule has 0 spiro atoms. The number of carbonyl (C=O) groups is 1. The van der Waals surface area contributed by atoms with Gasteiger partial charge in [0.25, 0.3) is 0 Å². The minimum absolute atomic E-state index is 0.0643. The summed E-state index contributed by atoms with van der Waals surface area (Å²) in [4.78, 5) is 12.8. The van der Waals surface area contributed by atoms with Gasteiger partial charge < -0.3 is 0 Å². The van der Waals surface area contributed by atoms with Crippen LogP contribution >= 0.6 is 11.5 Å². The van der Waals surface area contributed by atoms with E-state index in [0.29, 0.717) is 16.1 Å². The highest BCUT2D eigenvalue weighted by molar-refractivity contribution is 7.08. The second-order valence-electron chi connectivity index (χ2n) is 5.43. The van der Waals surface area contributed by atoms with Crippen LogP contribution in [0.3, 0.4) is 0 Å². The largest absolute Gasteiger partial charge is 0.293 e. The number of nitrogens with zero attached hydrogens (tertiary/aromatic N) is 2. The van der Waals surface area contributed by atoms with Crippen LogP contribution in [0.15, 0.2) is 24.3 Å². The van der Waals surface area contributed by atoms with Crippen molar-refractivity contribution < 1.29 is 9.18 Å². The number of hydrogen-bond acceptors (Lipinski definition) is 4. The van der Waals surface area contributed by atoms with Crippen molar-refractivity contribution in [2.24, 2.45) is 0 Å². The van der Waals surface area contributed by atoms with Gasteiger partial charge in [-0.05, 0) is 29.2 Å². The summed E-state index contributed by atoms with van der Waals surface area (Å²) in [6.45, 7) is 5.97. The molecule has 0 bridgehead atoms. The van der Waals surface area contributed by atoms with E-state index in [9.17, 15) is 9.18 Å². The van der Waals surface area contributed by atoms with Gasteiger partial charge in [-0.1, -0.05) is 37.4 Å². The van der Waals surface area contributed by atoms with Gasteiger partial charge in [0.2, 0.25) is 0 Å². The minimum Gasteiger partial charge on any atom is -0.293 e. The fraction of sp³-hybridized carbons (Fsp3) is 0.357. The molecule has 0 amide bonds. The smallest absolute Gasteiger partial charge is 0.180 e. The van der Waals surface area contributed by atoms with Crippen molar-refractivity contribution in [1.82, 2.24) is 9.59 Å². The van der Waals surface area contributed by atoms with Crippen LogP contribution in [-0.4, -0.2) is 15.4 Å². The number of ketones is 1. The first-order chi connectivity index (χ1) is 8.88. The summed E-state index contributed by atoms with van der Waals surface area (Å²) in [6.07, 6.45) is 0.171. The number of Topliss-reactive ketones (excluding diaryl/α,β-unsaturated/α-hetero) is 1. The standard InChI is InChI=1S/C14H15FN2OS/c1-14(2,3)13-12(19-17-16-13)11(18)8-9-5-4-6-10(15)7-9/h4-7H,8H2,1-3H3. The fourth-order valence-corrected chi connectivity index (χ4v) is 2.59. The van der Waals surface area contributed by atoms with Gasteiger partial charge in [0, 0.05) is 11.8 Å². The quantitative estimate of drug-likeness (QED) is 0.808. The Kier molecular flexibility index (Phi) is 3.75. The van der Waals surface area contributed by atoms with E-state index in [4.69, 9.17) is 0 Å². The first kappa shape index (κ1) is 13.8. The number of carbonyl (C=O) groups excluding carboxylic acids is 1. The van der Waals surface area contributed by atoms with E-state index in [-0.39, 0.29) is 23.4 Å². The summed E-state index contributed by atoms with van der Waals surface area (Å²) >= 11 is 1.10. The Morgan fingerprint density at radius 3 is 2.74 bits per heavy atom. The first-order valence-electron chi connectivity index (χ1n) is 5.98. The molecule has 3 nitrogen and oxygen atoms in total. The van der Waals surface area contributed by atoms with Crippen molar-refractivity contribution in [2.45, 2.75) is 32.6 Å². The summed E-state index contributed by atoms with van der Waals surface area (Å²) in [5, 5.41) is 4.04. The third kappa shape index (κ3) is 3.23. The van der Waals surface area contributed by atoms with E-state index < -0.39 is 0 Å². The van der Waals surface area contributed by atoms with Crippen molar-refractivity contribution in [3.8, 4) is 0 Å². The predicted molar refractivity (Wildman–Crippen MR) is 73.0 cm³/mol. The van der Waals surface area contributed by atoms with Crippen LogP contribution in [0.2, 0.25) is 0 Å². The zero-order chi connectivity index (χ0) is 14.0. The molecule has 1 aromatic carbocycles. The molecule has 0 saturated heterocycles. The molecular weight excluding hydrogens is 263 g/mol. The highest BCUT2D eigenvalue weighted by Crippen LogP contribution is 2.26. The second-order valence-corrected chi connectivity index (χ2v) is 6.18. The Labute approximate surface area is 115 Å². The van der Waals surface area contributed by atoms with Gasteiger partial charge >= 0.3 is 0 Å². The number of rotatable bonds is 3. The molecule has 2 rings (SSSR count). The minimum atomic E-state index is -0.330. The van der Waals surface area contributed by atoms with Crippen LogP contribution in [-0.2, 0) is 11.8 Å². The van der Waals surface area contributed by atoms with Gasteiger partial charge in [0.15, 0.2) is 5.78 Å². The number of benzene rings is 1. The Morgan fingerprint density at radius 2 is 2.11 bits per heavy atom. The molecule has 0 aliphatic carbocycles. The normalized spacial score (nSPS) is 11.6. The Morgan fingerprint density at radius 1 is 1.37 bits per heavy atom. The zero-order valence-corrected chi connectivity index (χ0v) is 11.9. The van der Waals surface area contributed by atoms with E-state index in [1.807, 2.05) is 20.8 Å². The van der Waals surface area contributed by atoms with Gasteiger partial charge in [-0.3, -0.25) is 4.79 Å². The molecule has 1 aromatic heterocycles. The molecule has 2 aromatic rings.